The lowest BCUT2D eigenvalue weighted by molar-refractivity contribution is 0.208. The van der Waals surface area contributed by atoms with E-state index in [9.17, 15) is 9.18 Å². The fourth-order valence-corrected chi connectivity index (χ4v) is 4.26. The number of benzene rings is 3. The molecule has 1 aliphatic rings. The second kappa shape index (κ2) is 9.39. The van der Waals surface area contributed by atoms with Crippen LogP contribution in [0.1, 0.15) is 0 Å². The van der Waals surface area contributed by atoms with Crippen LogP contribution in [0.25, 0.3) is 22.0 Å². The maximum absolute atomic E-state index is 13.4. The number of pyridine rings is 1. The molecule has 1 N–H and O–H groups in total. The largest absolute Gasteiger partial charge is 0.495 e. The molecular weight excluding hydrogens is 431 g/mol. The molecule has 1 fully saturated rings. The molecule has 6 nitrogen and oxygen atoms in total. The summed E-state index contributed by atoms with van der Waals surface area (Å²) in [7, 11) is 1.59. The van der Waals surface area contributed by atoms with E-state index in [1.807, 2.05) is 48.5 Å². The van der Waals surface area contributed by atoms with E-state index < -0.39 is 0 Å². The van der Waals surface area contributed by atoms with Crippen molar-refractivity contribution in [1.29, 1.82) is 0 Å². The number of para-hydroxylation sites is 3. The van der Waals surface area contributed by atoms with Crippen molar-refractivity contribution in [2.75, 3.05) is 43.5 Å². The molecule has 5 rings (SSSR count). The van der Waals surface area contributed by atoms with Crippen LogP contribution in [0.15, 0.2) is 78.9 Å². The van der Waals surface area contributed by atoms with Gasteiger partial charge in [0.1, 0.15) is 17.4 Å². The minimum atomic E-state index is -0.259. The van der Waals surface area contributed by atoms with Gasteiger partial charge in [0, 0.05) is 37.1 Å². The van der Waals surface area contributed by atoms with Crippen molar-refractivity contribution >= 4 is 28.4 Å². The Bertz CT molecular complexity index is 1320. The number of nitrogens with one attached hydrogen (secondary N) is 1. The van der Waals surface area contributed by atoms with E-state index in [0.29, 0.717) is 37.6 Å². The van der Waals surface area contributed by atoms with E-state index in [4.69, 9.17) is 9.72 Å². The van der Waals surface area contributed by atoms with Crippen LogP contribution in [-0.2, 0) is 0 Å². The average molecular weight is 457 g/mol. The smallest absolute Gasteiger partial charge is 0.322 e. The summed E-state index contributed by atoms with van der Waals surface area (Å²) < 4.78 is 18.7. The predicted molar refractivity (Wildman–Crippen MR) is 133 cm³/mol. The maximum Gasteiger partial charge on any atom is 0.322 e. The van der Waals surface area contributed by atoms with E-state index in [2.05, 4.69) is 16.3 Å². The highest BCUT2D eigenvalue weighted by Gasteiger charge is 2.23. The minimum absolute atomic E-state index is 0.144. The van der Waals surface area contributed by atoms with Crippen molar-refractivity contribution in [2.45, 2.75) is 0 Å². The topological polar surface area (TPSA) is 57.7 Å². The van der Waals surface area contributed by atoms with Gasteiger partial charge in [0.05, 0.1) is 18.3 Å². The summed E-state index contributed by atoms with van der Waals surface area (Å²) in [5.74, 6) is 1.24. The number of carbonyl (C=O) groups is 1. The van der Waals surface area contributed by atoms with Gasteiger partial charge in [-0.15, -0.1) is 0 Å². The number of carbonyl (C=O) groups excluding carboxylic acids is 1. The van der Waals surface area contributed by atoms with Crippen molar-refractivity contribution < 1.29 is 13.9 Å². The molecule has 34 heavy (non-hydrogen) atoms. The summed E-state index contributed by atoms with van der Waals surface area (Å²) in [5.41, 5.74) is 3.42. The molecule has 1 saturated heterocycles. The molecule has 1 aliphatic heterocycles. The van der Waals surface area contributed by atoms with Gasteiger partial charge in [0.2, 0.25) is 0 Å². The lowest BCUT2D eigenvalue weighted by Crippen LogP contribution is -2.50. The number of halogens is 1. The van der Waals surface area contributed by atoms with Crippen molar-refractivity contribution in [2.24, 2.45) is 0 Å². The highest BCUT2D eigenvalue weighted by molar-refractivity contribution is 5.94. The molecule has 3 aromatic carbocycles. The van der Waals surface area contributed by atoms with Gasteiger partial charge in [-0.2, -0.15) is 0 Å². The first-order chi connectivity index (χ1) is 16.6. The molecule has 0 radical (unpaired) electrons. The Balaban J connectivity index is 1.31. The number of hydrogen-bond donors (Lipinski definition) is 1. The summed E-state index contributed by atoms with van der Waals surface area (Å²) in [6.07, 6.45) is 0. The number of rotatable bonds is 4. The van der Waals surface area contributed by atoms with Gasteiger partial charge >= 0.3 is 6.03 Å². The molecule has 0 saturated carbocycles. The van der Waals surface area contributed by atoms with E-state index >= 15 is 0 Å². The predicted octanol–water partition coefficient (Wildman–Crippen LogP) is 5.40. The first kappa shape index (κ1) is 21.7. The quantitative estimate of drug-likeness (QED) is 0.447. The zero-order valence-electron chi connectivity index (χ0n) is 18.9. The molecule has 4 aromatic rings. The van der Waals surface area contributed by atoms with Gasteiger partial charge in [-0.05, 0) is 42.0 Å². The van der Waals surface area contributed by atoms with Crippen LogP contribution in [0.3, 0.4) is 0 Å². The van der Waals surface area contributed by atoms with Crippen LogP contribution in [0.5, 0.6) is 5.75 Å². The highest BCUT2D eigenvalue weighted by Crippen LogP contribution is 2.30. The molecule has 0 atom stereocenters. The second-order valence-corrected chi connectivity index (χ2v) is 8.16. The van der Waals surface area contributed by atoms with Gasteiger partial charge in [0.15, 0.2) is 0 Å². The Labute approximate surface area is 197 Å². The zero-order chi connectivity index (χ0) is 23.5. The molecule has 0 aliphatic carbocycles. The molecule has 0 spiro atoms. The number of urea groups is 1. The third-order valence-corrected chi connectivity index (χ3v) is 6.10. The van der Waals surface area contributed by atoms with Gasteiger partial charge in [-0.1, -0.05) is 42.5 Å². The third-order valence-electron chi connectivity index (χ3n) is 6.10. The number of amides is 2. The number of ether oxygens (including phenoxy) is 1. The molecule has 7 heteroatoms. The van der Waals surface area contributed by atoms with E-state index in [1.54, 1.807) is 24.1 Å². The summed E-state index contributed by atoms with van der Waals surface area (Å²) in [5, 5.41) is 3.97. The first-order valence-corrected chi connectivity index (χ1v) is 11.2. The van der Waals surface area contributed by atoms with Crippen molar-refractivity contribution in [3.05, 3.63) is 84.7 Å². The van der Waals surface area contributed by atoms with Crippen molar-refractivity contribution in [3.8, 4) is 16.9 Å². The van der Waals surface area contributed by atoms with Gasteiger partial charge in [-0.3, -0.25) is 0 Å². The number of nitrogens with zero attached hydrogens (tertiary/aromatic N) is 3. The van der Waals surface area contributed by atoms with Gasteiger partial charge in [0.25, 0.3) is 0 Å². The van der Waals surface area contributed by atoms with E-state index in [1.165, 1.54) is 12.1 Å². The van der Waals surface area contributed by atoms with E-state index in [-0.39, 0.29) is 11.8 Å². The molecule has 0 unspecified atom stereocenters. The molecular formula is C27H25FN4O2. The number of hydrogen-bond acceptors (Lipinski definition) is 4. The Hall–Kier alpha value is -4.13. The van der Waals surface area contributed by atoms with Crippen LogP contribution in [0, 0.1) is 5.82 Å². The summed E-state index contributed by atoms with van der Waals surface area (Å²) in [6, 6.07) is 23.8. The fourth-order valence-electron chi connectivity index (χ4n) is 4.26. The normalized spacial score (nSPS) is 13.7. The SMILES string of the molecule is COc1ccccc1NC(=O)N1CCN(c2ccc3cccc(-c4ccc(F)cc4)c3n2)CC1. The second-order valence-electron chi connectivity index (χ2n) is 8.16. The maximum atomic E-state index is 13.4. The summed E-state index contributed by atoms with van der Waals surface area (Å²) in [4.78, 5) is 21.7. The molecule has 172 valence electrons. The monoisotopic (exact) mass is 456 g/mol. The Morgan fingerprint density at radius 1 is 0.912 bits per heavy atom. The molecule has 2 heterocycles. The zero-order valence-corrected chi connectivity index (χ0v) is 18.9. The highest BCUT2D eigenvalue weighted by atomic mass is 19.1. The molecule has 2 amide bonds. The summed E-state index contributed by atoms with van der Waals surface area (Å²) >= 11 is 0. The Kier molecular flexibility index (Phi) is 5.99. The first-order valence-electron chi connectivity index (χ1n) is 11.2. The number of methoxy groups -OCH3 is 1. The lowest BCUT2D eigenvalue weighted by Gasteiger charge is -2.35. The number of aromatic nitrogens is 1. The van der Waals surface area contributed by atoms with Crippen LogP contribution in [-0.4, -0.2) is 49.2 Å². The van der Waals surface area contributed by atoms with Crippen molar-refractivity contribution in [3.63, 3.8) is 0 Å². The Morgan fingerprint density at radius 3 is 2.44 bits per heavy atom. The number of piperazine rings is 1. The van der Waals surface area contributed by atoms with E-state index in [0.717, 1.165) is 27.8 Å². The van der Waals surface area contributed by atoms with Crippen LogP contribution in [0.4, 0.5) is 20.7 Å². The van der Waals surface area contributed by atoms with Crippen LogP contribution < -0.4 is 15.0 Å². The fraction of sp³-hybridized carbons (Fsp3) is 0.185. The Morgan fingerprint density at radius 2 is 1.68 bits per heavy atom. The third kappa shape index (κ3) is 4.37. The van der Waals surface area contributed by atoms with Crippen molar-refractivity contribution in [1.82, 2.24) is 9.88 Å². The summed E-state index contributed by atoms with van der Waals surface area (Å²) in [6.45, 7) is 2.52. The lowest BCUT2D eigenvalue weighted by atomic mass is 10.0. The van der Waals surface area contributed by atoms with Crippen LogP contribution in [0.2, 0.25) is 0 Å². The number of anilines is 2. The van der Waals surface area contributed by atoms with Gasteiger partial charge < -0.3 is 19.9 Å². The average Bonchev–Trinajstić information content (AvgIpc) is 2.89. The standard InChI is InChI=1S/C27H25FN4O2/c1-34-24-8-3-2-7-23(24)29-27(33)32-17-15-31(16-18-32)25-14-11-20-5-4-6-22(26(20)30-25)19-9-12-21(28)13-10-19/h2-14H,15-18H2,1H3,(H,29,33). The number of fused-ring (bicyclic) bond motifs is 1. The minimum Gasteiger partial charge on any atom is -0.495 e. The van der Waals surface area contributed by atoms with Gasteiger partial charge in [-0.25, -0.2) is 14.2 Å². The van der Waals surface area contributed by atoms with Crippen LogP contribution >= 0.6 is 0 Å². The molecule has 1 aromatic heterocycles. The molecule has 0 bridgehead atoms.